The minimum Gasteiger partial charge on any atom is -0.326 e. The lowest BCUT2D eigenvalue weighted by Crippen LogP contribution is -2.53. The van der Waals surface area contributed by atoms with E-state index in [-0.39, 0.29) is 0 Å². The van der Waals surface area contributed by atoms with Gasteiger partial charge in [-0.1, -0.05) is 34.1 Å². The van der Waals surface area contributed by atoms with Crippen LogP contribution in [0.25, 0.3) is 0 Å². The zero-order chi connectivity index (χ0) is 12.2. The molecule has 0 aromatic heterocycles. The summed E-state index contributed by atoms with van der Waals surface area (Å²) < 4.78 is 0. The zero-order valence-electron chi connectivity index (χ0n) is 11.6. The summed E-state index contributed by atoms with van der Waals surface area (Å²) in [5, 5.41) is 0. The summed E-state index contributed by atoms with van der Waals surface area (Å²) in [6, 6.07) is 1.00. The van der Waals surface area contributed by atoms with Crippen LogP contribution in [0.1, 0.15) is 59.8 Å². The second-order valence-corrected chi connectivity index (χ2v) is 6.12. The van der Waals surface area contributed by atoms with Crippen molar-refractivity contribution >= 4 is 0 Å². The Labute approximate surface area is 102 Å². The number of likely N-dealkylation sites (N-methyl/N-ethyl adjacent to an activating group) is 1. The molecule has 1 aliphatic carbocycles. The van der Waals surface area contributed by atoms with E-state index in [1.165, 1.54) is 38.6 Å². The van der Waals surface area contributed by atoms with Gasteiger partial charge in [0.15, 0.2) is 0 Å². The largest absolute Gasteiger partial charge is 0.326 e. The third kappa shape index (κ3) is 3.74. The van der Waals surface area contributed by atoms with Gasteiger partial charge in [0.1, 0.15) is 0 Å². The Morgan fingerprint density at radius 1 is 1.31 bits per heavy atom. The van der Waals surface area contributed by atoms with Gasteiger partial charge in [-0.2, -0.15) is 0 Å². The van der Waals surface area contributed by atoms with E-state index in [2.05, 4.69) is 32.6 Å². The summed E-state index contributed by atoms with van der Waals surface area (Å²) in [5.74, 6) is 0. The Morgan fingerprint density at radius 2 is 2.00 bits per heavy atom. The second-order valence-electron chi connectivity index (χ2n) is 6.12. The first-order valence-electron chi connectivity index (χ1n) is 7.00. The quantitative estimate of drug-likeness (QED) is 0.781. The summed E-state index contributed by atoms with van der Waals surface area (Å²) >= 11 is 0. The average Bonchev–Trinajstić information content (AvgIpc) is 2.24. The molecule has 2 nitrogen and oxygen atoms in total. The fourth-order valence-corrected chi connectivity index (χ4v) is 2.89. The van der Waals surface area contributed by atoms with E-state index in [9.17, 15) is 0 Å². The predicted octanol–water partition coefficient (Wildman–Crippen LogP) is 3.01. The molecular formula is C14H30N2. The van der Waals surface area contributed by atoms with Gasteiger partial charge in [0.25, 0.3) is 0 Å². The fourth-order valence-electron chi connectivity index (χ4n) is 2.89. The second kappa shape index (κ2) is 6.02. The van der Waals surface area contributed by atoms with Gasteiger partial charge in [-0.05, 0) is 44.2 Å². The Bertz CT molecular complexity index is 201. The molecule has 1 rings (SSSR count). The molecule has 0 aromatic rings. The SMILES string of the molecule is CCCCN(CC)C1CC(C)(C)CCC1N. The summed E-state index contributed by atoms with van der Waals surface area (Å²) in [6.45, 7) is 11.7. The Morgan fingerprint density at radius 3 is 2.56 bits per heavy atom. The maximum atomic E-state index is 6.31. The van der Waals surface area contributed by atoms with Crippen molar-refractivity contribution in [1.29, 1.82) is 0 Å². The smallest absolute Gasteiger partial charge is 0.0252 e. The van der Waals surface area contributed by atoms with Crippen LogP contribution in [-0.2, 0) is 0 Å². The fraction of sp³-hybridized carbons (Fsp3) is 1.00. The van der Waals surface area contributed by atoms with Crippen LogP contribution in [0.2, 0.25) is 0 Å². The number of nitrogens with zero attached hydrogens (tertiary/aromatic N) is 1. The molecule has 0 spiro atoms. The van der Waals surface area contributed by atoms with Crippen LogP contribution in [0, 0.1) is 5.41 Å². The van der Waals surface area contributed by atoms with Crippen molar-refractivity contribution in [3.05, 3.63) is 0 Å². The van der Waals surface area contributed by atoms with E-state index in [1.54, 1.807) is 0 Å². The topological polar surface area (TPSA) is 29.3 Å². The molecule has 1 aliphatic rings. The molecule has 1 fully saturated rings. The molecule has 2 unspecified atom stereocenters. The maximum absolute atomic E-state index is 6.31. The van der Waals surface area contributed by atoms with E-state index in [0.29, 0.717) is 17.5 Å². The number of hydrogen-bond acceptors (Lipinski definition) is 2. The minimum absolute atomic E-state index is 0.393. The maximum Gasteiger partial charge on any atom is 0.0252 e. The van der Waals surface area contributed by atoms with E-state index in [1.807, 2.05) is 0 Å². The highest BCUT2D eigenvalue weighted by molar-refractivity contribution is 4.92. The van der Waals surface area contributed by atoms with Crippen LogP contribution in [-0.4, -0.2) is 30.1 Å². The molecule has 0 bridgehead atoms. The summed E-state index contributed by atoms with van der Waals surface area (Å²) in [7, 11) is 0. The molecule has 0 aromatic carbocycles. The van der Waals surface area contributed by atoms with Crippen molar-refractivity contribution in [2.75, 3.05) is 13.1 Å². The first kappa shape index (κ1) is 14.0. The van der Waals surface area contributed by atoms with Gasteiger partial charge < -0.3 is 5.73 Å². The molecule has 2 heteroatoms. The average molecular weight is 226 g/mol. The monoisotopic (exact) mass is 226 g/mol. The van der Waals surface area contributed by atoms with Crippen molar-refractivity contribution in [1.82, 2.24) is 4.90 Å². The van der Waals surface area contributed by atoms with Gasteiger partial charge in [0.2, 0.25) is 0 Å². The lowest BCUT2D eigenvalue weighted by atomic mass is 9.72. The summed E-state index contributed by atoms with van der Waals surface area (Å²) in [6.07, 6.45) is 6.33. The molecule has 16 heavy (non-hydrogen) atoms. The molecular weight excluding hydrogens is 196 g/mol. The van der Waals surface area contributed by atoms with Gasteiger partial charge in [-0.25, -0.2) is 0 Å². The van der Waals surface area contributed by atoms with Crippen molar-refractivity contribution in [3.8, 4) is 0 Å². The Hall–Kier alpha value is -0.0800. The molecule has 2 atom stereocenters. The standard InChI is InChI=1S/C14H30N2/c1-5-7-10-16(6-2)13-11-14(3,4)9-8-12(13)15/h12-13H,5-11,15H2,1-4H3. The predicted molar refractivity (Wildman–Crippen MR) is 71.6 cm³/mol. The number of hydrogen-bond donors (Lipinski definition) is 1. The van der Waals surface area contributed by atoms with Crippen molar-refractivity contribution in [2.24, 2.45) is 11.1 Å². The van der Waals surface area contributed by atoms with Crippen LogP contribution in [0.15, 0.2) is 0 Å². The molecule has 0 radical (unpaired) electrons. The van der Waals surface area contributed by atoms with Crippen LogP contribution < -0.4 is 5.73 Å². The number of nitrogens with two attached hydrogens (primary N) is 1. The van der Waals surface area contributed by atoms with Crippen molar-refractivity contribution < 1.29 is 0 Å². The third-order valence-corrected chi connectivity index (χ3v) is 4.08. The first-order chi connectivity index (χ1) is 7.50. The van der Waals surface area contributed by atoms with E-state index >= 15 is 0 Å². The molecule has 0 amide bonds. The summed E-state index contributed by atoms with van der Waals surface area (Å²) in [4.78, 5) is 2.61. The Balaban J connectivity index is 2.58. The van der Waals surface area contributed by atoms with Crippen LogP contribution in [0.5, 0.6) is 0 Å². The minimum atomic E-state index is 0.393. The molecule has 0 saturated heterocycles. The van der Waals surface area contributed by atoms with E-state index in [0.717, 1.165) is 6.54 Å². The van der Waals surface area contributed by atoms with Crippen molar-refractivity contribution in [3.63, 3.8) is 0 Å². The Kier molecular flexibility index (Phi) is 5.26. The third-order valence-electron chi connectivity index (χ3n) is 4.08. The van der Waals surface area contributed by atoms with Crippen molar-refractivity contribution in [2.45, 2.75) is 71.9 Å². The van der Waals surface area contributed by atoms with Gasteiger partial charge in [-0.3, -0.25) is 4.90 Å². The molecule has 0 heterocycles. The first-order valence-corrected chi connectivity index (χ1v) is 7.00. The van der Waals surface area contributed by atoms with E-state index in [4.69, 9.17) is 5.73 Å². The lowest BCUT2D eigenvalue weighted by Gasteiger charge is -2.44. The van der Waals surface area contributed by atoms with Crippen LogP contribution in [0.4, 0.5) is 0 Å². The van der Waals surface area contributed by atoms with Crippen LogP contribution in [0.3, 0.4) is 0 Å². The normalized spacial score (nSPS) is 29.6. The van der Waals surface area contributed by atoms with E-state index < -0.39 is 0 Å². The van der Waals surface area contributed by atoms with Crippen LogP contribution >= 0.6 is 0 Å². The lowest BCUT2D eigenvalue weighted by molar-refractivity contribution is 0.0804. The highest BCUT2D eigenvalue weighted by Crippen LogP contribution is 2.36. The highest BCUT2D eigenvalue weighted by atomic mass is 15.2. The molecule has 96 valence electrons. The van der Waals surface area contributed by atoms with Gasteiger partial charge in [-0.15, -0.1) is 0 Å². The molecule has 2 N–H and O–H groups in total. The molecule has 1 saturated carbocycles. The molecule has 0 aliphatic heterocycles. The number of unbranched alkanes of at least 4 members (excludes halogenated alkanes) is 1. The van der Waals surface area contributed by atoms with Gasteiger partial charge in [0, 0.05) is 12.1 Å². The summed E-state index contributed by atoms with van der Waals surface area (Å²) in [5.41, 5.74) is 6.79. The zero-order valence-corrected chi connectivity index (χ0v) is 11.6. The van der Waals surface area contributed by atoms with Gasteiger partial charge >= 0.3 is 0 Å². The number of rotatable bonds is 5. The highest BCUT2D eigenvalue weighted by Gasteiger charge is 2.35. The van der Waals surface area contributed by atoms with Gasteiger partial charge in [0.05, 0.1) is 0 Å².